The average molecular weight is 323 g/mol. The third kappa shape index (κ3) is 4.82. The lowest BCUT2D eigenvalue weighted by atomic mass is 10.1. The number of benzene rings is 1. The molecule has 1 aromatic rings. The van der Waals surface area contributed by atoms with Gasteiger partial charge in [0.1, 0.15) is 0 Å². The minimum absolute atomic E-state index is 0.188. The van der Waals surface area contributed by atoms with Crippen molar-refractivity contribution < 1.29 is 26.4 Å². The van der Waals surface area contributed by atoms with Crippen LogP contribution in [0.1, 0.15) is 30.1 Å². The molecule has 0 saturated heterocycles. The van der Waals surface area contributed by atoms with E-state index in [-0.39, 0.29) is 22.7 Å². The monoisotopic (exact) mass is 323 g/mol. The van der Waals surface area contributed by atoms with Crippen molar-refractivity contribution in [2.24, 2.45) is 0 Å². The molecule has 1 rings (SSSR count). The van der Waals surface area contributed by atoms with Gasteiger partial charge in [-0.05, 0) is 12.1 Å². The number of carbonyl (C=O) groups excluding carboxylic acids is 1. The van der Waals surface area contributed by atoms with Gasteiger partial charge in [-0.1, -0.05) is 19.1 Å². The standard InChI is InChI=1S/C13H16F3NO3S/c1-3-12(18)10-5-4-6-11(9-10)21(19,20)17(2)8-7-13(14,15)16/h4-6,9H,3,7-8H2,1-2H3. The Bertz CT molecular complexity index is 611. The quantitative estimate of drug-likeness (QED) is 0.757. The third-order valence-electron chi connectivity index (χ3n) is 2.90. The predicted octanol–water partition coefficient (Wildman–Crippen LogP) is 2.85. The first-order valence-corrected chi connectivity index (χ1v) is 7.68. The smallest absolute Gasteiger partial charge is 0.294 e. The number of hydrogen-bond donors (Lipinski definition) is 0. The zero-order valence-corrected chi connectivity index (χ0v) is 12.5. The number of Topliss-reactive ketones (excluding diaryl/α,β-unsaturated/α-hetero) is 1. The molecule has 8 heteroatoms. The normalized spacial score (nSPS) is 12.7. The number of carbonyl (C=O) groups is 1. The average Bonchev–Trinajstić information content (AvgIpc) is 2.43. The number of alkyl halides is 3. The summed E-state index contributed by atoms with van der Waals surface area (Å²) in [6, 6.07) is 5.31. The molecule has 0 aliphatic rings. The van der Waals surface area contributed by atoms with E-state index in [2.05, 4.69) is 0 Å². The van der Waals surface area contributed by atoms with Gasteiger partial charge in [-0.25, -0.2) is 12.7 Å². The van der Waals surface area contributed by atoms with E-state index in [0.717, 1.165) is 7.05 Å². The van der Waals surface area contributed by atoms with Gasteiger partial charge in [-0.2, -0.15) is 13.2 Å². The van der Waals surface area contributed by atoms with Crippen LogP contribution in [0.5, 0.6) is 0 Å². The molecule has 0 N–H and O–H groups in total. The van der Waals surface area contributed by atoms with E-state index >= 15 is 0 Å². The summed E-state index contributed by atoms with van der Waals surface area (Å²) >= 11 is 0. The maximum atomic E-state index is 12.2. The van der Waals surface area contributed by atoms with Crippen molar-refractivity contribution >= 4 is 15.8 Å². The van der Waals surface area contributed by atoms with Gasteiger partial charge in [0, 0.05) is 25.6 Å². The van der Waals surface area contributed by atoms with Gasteiger partial charge in [0.15, 0.2) is 5.78 Å². The second-order valence-electron chi connectivity index (χ2n) is 4.50. The highest BCUT2D eigenvalue weighted by Crippen LogP contribution is 2.22. The van der Waals surface area contributed by atoms with E-state index in [1.165, 1.54) is 24.3 Å². The Hall–Kier alpha value is -1.41. The minimum atomic E-state index is -4.43. The zero-order chi connectivity index (χ0) is 16.3. The molecule has 0 spiro atoms. The van der Waals surface area contributed by atoms with Crippen molar-refractivity contribution in [1.29, 1.82) is 0 Å². The molecule has 0 unspecified atom stereocenters. The van der Waals surface area contributed by atoms with Crippen molar-refractivity contribution in [3.63, 3.8) is 0 Å². The lowest BCUT2D eigenvalue weighted by molar-refractivity contribution is -0.135. The topological polar surface area (TPSA) is 54.5 Å². The second-order valence-corrected chi connectivity index (χ2v) is 6.54. The first-order chi connectivity index (χ1) is 9.58. The fourth-order valence-corrected chi connectivity index (χ4v) is 2.84. The molecule has 0 saturated carbocycles. The second kappa shape index (κ2) is 6.57. The van der Waals surface area contributed by atoms with Crippen LogP contribution in [-0.4, -0.2) is 38.3 Å². The Morgan fingerprint density at radius 3 is 2.43 bits per heavy atom. The Morgan fingerprint density at radius 1 is 1.29 bits per heavy atom. The molecule has 0 amide bonds. The number of sulfonamides is 1. The van der Waals surface area contributed by atoms with Crippen molar-refractivity contribution in [1.82, 2.24) is 4.31 Å². The van der Waals surface area contributed by atoms with Crippen LogP contribution >= 0.6 is 0 Å². The van der Waals surface area contributed by atoms with E-state index in [1.54, 1.807) is 6.92 Å². The highest BCUT2D eigenvalue weighted by atomic mass is 32.2. The molecule has 0 aromatic heterocycles. The van der Waals surface area contributed by atoms with Crippen LogP contribution in [0, 0.1) is 0 Å². The van der Waals surface area contributed by atoms with Crippen LogP contribution < -0.4 is 0 Å². The van der Waals surface area contributed by atoms with Gasteiger partial charge in [0.2, 0.25) is 10.0 Å². The number of halogens is 3. The Labute approximate surface area is 121 Å². The highest BCUT2D eigenvalue weighted by molar-refractivity contribution is 7.89. The summed E-state index contributed by atoms with van der Waals surface area (Å²) in [5, 5.41) is 0. The summed E-state index contributed by atoms with van der Waals surface area (Å²) in [6.45, 7) is 0.969. The molecule has 1 aromatic carbocycles. The molecular weight excluding hydrogens is 307 g/mol. The summed E-state index contributed by atoms with van der Waals surface area (Å²) in [4.78, 5) is 11.4. The summed E-state index contributed by atoms with van der Waals surface area (Å²) in [6.07, 6.45) is -5.44. The van der Waals surface area contributed by atoms with E-state index < -0.39 is 29.2 Å². The van der Waals surface area contributed by atoms with Crippen molar-refractivity contribution in [3.8, 4) is 0 Å². The van der Waals surface area contributed by atoms with Crippen LogP contribution in [0.4, 0.5) is 13.2 Å². The largest absolute Gasteiger partial charge is 0.390 e. The molecule has 0 radical (unpaired) electrons. The maximum Gasteiger partial charge on any atom is 0.390 e. The van der Waals surface area contributed by atoms with Crippen molar-refractivity contribution in [3.05, 3.63) is 29.8 Å². The van der Waals surface area contributed by atoms with Gasteiger partial charge >= 0.3 is 6.18 Å². The van der Waals surface area contributed by atoms with E-state index in [4.69, 9.17) is 0 Å². The van der Waals surface area contributed by atoms with Gasteiger partial charge < -0.3 is 0 Å². The summed E-state index contributed by atoms with van der Waals surface area (Å²) in [7, 11) is -2.97. The lowest BCUT2D eigenvalue weighted by Gasteiger charge is -2.18. The van der Waals surface area contributed by atoms with Gasteiger partial charge in [0.05, 0.1) is 11.3 Å². The van der Waals surface area contributed by atoms with Gasteiger partial charge in [-0.15, -0.1) is 0 Å². The zero-order valence-electron chi connectivity index (χ0n) is 11.6. The van der Waals surface area contributed by atoms with Crippen molar-refractivity contribution in [2.75, 3.05) is 13.6 Å². The van der Waals surface area contributed by atoms with Gasteiger partial charge in [0.25, 0.3) is 0 Å². The van der Waals surface area contributed by atoms with Crippen LogP contribution in [0.25, 0.3) is 0 Å². The van der Waals surface area contributed by atoms with Crippen LogP contribution in [0.2, 0.25) is 0 Å². The van der Waals surface area contributed by atoms with E-state index in [9.17, 15) is 26.4 Å². The summed E-state index contributed by atoms with van der Waals surface area (Å²) in [5.41, 5.74) is 0.225. The van der Waals surface area contributed by atoms with Crippen LogP contribution in [0.15, 0.2) is 29.2 Å². The Balaban J connectivity index is 2.99. The molecule has 0 aliphatic carbocycles. The summed E-state index contributed by atoms with van der Waals surface area (Å²) < 4.78 is 61.4. The molecule has 0 bridgehead atoms. The van der Waals surface area contributed by atoms with Crippen LogP contribution in [-0.2, 0) is 10.0 Å². The molecule has 0 fully saturated rings. The van der Waals surface area contributed by atoms with Gasteiger partial charge in [-0.3, -0.25) is 4.79 Å². The fraction of sp³-hybridized carbons (Fsp3) is 0.462. The molecule has 0 aliphatic heterocycles. The fourth-order valence-electron chi connectivity index (χ4n) is 1.62. The first kappa shape index (κ1) is 17.6. The predicted molar refractivity (Wildman–Crippen MR) is 71.6 cm³/mol. The SMILES string of the molecule is CCC(=O)c1cccc(S(=O)(=O)N(C)CCC(F)(F)F)c1. The van der Waals surface area contributed by atoms with Crippen molar-refractivity contribution in [2.45, 2.75) is 30.8 Å². The lowest BCUT2D eigenvalue weighted by Crippen LogP contribution is -2.30. The molecule has 21 heavy (non-hydrogen) atoms. The number of nitrogens with zero attached hydrogens (tertiary/aromatic N) is 1. The highest BCUT2D eigenvalue weighted by Gasteiger charge is 2.30. The molecule has 0 atom stereocenters. The number of hydrogen-bond acceptors (Lipinski definition) is 3. The van der Waals surface area contributed by atoms with Crippen LogP contribution in [0.3, 0.4) is 0 Å². The Morgan fingerprint density at radius 2 is 1.90 bits per heavy atom. The minimum Gasteiger partial charge on any atom is -0.294 e. The number of ketones is 1. The number of rotatable bonds is 6. The maximum absolute atomic E-state index is 12.2. The van der Waals surface area contributed by atoms with E-state index in [1.807, 2.05) is 0 Å². The summed E-state index contributed by atoms with van der Waals surface area (Å²) in [5.74, 6) is -0.231. The molecular formula is C13H16F3NO3S. The molecule has 0 heterocycles. The molecule has 118 valence electrons. The first-order valence-electron chi connectivity index (χ1n) is 6.24. The molecule has 4 nitrogen and oxygen atoms in total. The van der Waals surface area contributed by atoms with E-state index in [0.29, 0.717) is 4.31 Å². The Kier molecular flexibility index (Phi) is 5.52. The third-order valence-corrected chi connectivity index (χ3v) is 4.75.